The Morgan fingerprint density at radius 1 is 0.527 bits per heavy atom. The minimum atomic E-state index is 0.612. The van der Waals surface area contributed by atoms with Gasteiger partial charge in [-0.2, -0.15) is 0 Å². The zero-order chi connectivity index (χ0) is 37.7. The van der Waals surface area contributed by atoms with Crippen LogP contribution < -0.4 is 10.7 Å². The van der Waals surface area contributed by atoms with Crippen LogP contribution >= 0.6 is 0 Å². The van der Waals surface area contributed by atoms with Crippen molar-refractivity contribution in [3.63, 3.8) is 0 Å². The second-order valence-corrected chi connectivity index (χ2v) is 13.3. The lowest BCUT2D eigenvalue weighted by Crippen LogP contribution is -2.36. The number of rotatable bonds is 7. The standard InChI is InChI=1S/C48H37N5.C2H6/c1-3-13-32(4-2)34-22-26-36(27-23-34)46-50-47(37-28-24-35(25-29-37)33-14-6-5-7-15-33)52-48(51-46)40-18-12-17-39(30-40)45-44-31-38-16-8-10-20-42(38)53(44)43-21-11-9-19-41(43)49-45;1-2/h3-8,10,12-31H,9,11H2,1-2H3;1-2H3/b13-3-,32-4+;. The topological polar surface area (TPSA) is 56.0 Å². The van der Waals surface area contributed by atoms with Crippen LogP contribution in [-0.2, 0) is 0 Å². The van der Waals surface area contributed by atoms with Crippen molar-refractivity contribution in [3.8, 4) is 56.5 Å². The summed E-state index contributed by atoms with van der Waals surface area (Å²) in [6, 6.07) is 46.6. The molecule has 0 radical (unpaired) electrons. The maximum Gasteiger partial charge on any atom is 0.164 e. The lowest BCUT2D eigenvalue weighted by atomic mass is 10.0. The zero-order valence-corrected chi connectivity index (χ0v) is 31.7. The van der Waals surface area contributed by atoms with Crippen LogP contribution in [0.2, 0.25) is 0 Å². The Hall–Kier alpha value is -6.72. The summed E-state index contributed by atoms with van der Waals surface area (Å²) in [5.74, 6) is 1.86. The predicted molar refractivity (Wildman–Crippen MR) is 230 cm³/mol. The molecule has 3 heterocycles. The Kier molecular flexibility index (Phi) is 10.1. The highest BCUT2D eigenvalue weighted by Gasteiger charge is 2.17. The molecule has 0 saturated heterocycles. The Labute approximate surface area is 322 Å². The SMILES string of the molecule is C/C=C\C(=C/C)c1ccc(-c2nc(-c3ccc(-c4ccccc4)cc3)nc(-c3cccc(-c4nc5c(n6c4cc4ccccc46)=CCCC=5)c3)n2)cc1.CC. The quantitative estimate of drug-likeness (QED) is 0.154. The van der Waals surface area contributed by atoms with Crippen molar-refractivity contribution in [2.75, 3.05) is 0 Å². The second kappa shape index (κ2) is 15.7. The molecule has 0 aliphatic heterocycles. The largest absolute Gasteiger partial charge is 0.306 e. The molecule has 9 rings (SSSR count). The highest BCUT2D eigenvalue weighted by Crippen LogP contribution is 2.32. The van der Waals surface area contributed by atoms with E-state index in [0.717, 1.165) is 68.1 Å². The van der Waals surface area contributed by atoms with E-state index in [2.05, 4.69) is 169 Å². The van der Waals surface area contributed by atoms with Crippen molar-refractivity contribution >= 4 is 34.1 Å². The molecule has 0 unspecified atom stereocenters. The number of hydrogen-bond donors (Lipinski definition) is 0. The summed E-state index contributed by atoms with van der Waals surface area (Å²) < 4.78 is 2.37. The van der Waals surface area contributed by atoms with E-state index in [1.165, 1.54) is 22.0 Å². The van der Waals surface area contributed by atoms with Crippen molar-refractivity contribution in [1.29, 1.82) is 0 Å². The van der Waals surface area contributed by atoms with Gasteiger partial charge in [0.25, 0.3) is 0 Å². The summed E-state index contributed by atoms with van der Waals surface area (Å²) in [6.07, 6.45) is 12.9. The normalized spacial score (nSPS) is 12.5. The number of aromatic nitrogens is 5. The fourth-order valence-corrected chi connectivity index (χ4v) is 7.30. The molecule has 3 aromatic heterocycles. The van der Waals surface area contributed by atoms with Crippen molar-refractivity contribution in [2.45, 2.75) is 40.5 Å². The third-order valence-corrected chi connectivity index (χ3v) is 9.94. The van der Waals surface area contributed by atoms with Gasteiger partial charge in [0.2, 0.25) is 0 Å². The molecule has 0 atom stereocenters. The van der Waals surface area contributed by atoms with Crippen molar-refractivity contribution in [2.24, 2.45) is 0 Å². The number of hydrogen-bond acceptors (Lipinski definition) is 4. The number of benzene rings is 5. The Morgan fingerprint density at radius 2 is 1.11 bits per heavy atom. The van der Waals surface area contributed by atoms with E-state index >= 15 is 0 Å². The van der Waals surface area contributed by atoms with Crippen molar-refractivity contribution in [3.05, 3.63) is 168 Å². The molecule has 1 aliphatic carbocycles. The predicted octanol–water partition coefficient (Wildman–Crippen LogP) is 11.4. The van der Waals surface area contributed by atoms with E-state index in [9.17, 15) is 0 Å². The van der Waals surface area contributed by atoms with Gasteiger partial charge in [-0.25, -0.2) is 19.9 Å². The number of nitrogens with zero attached hydrogens (tertiary/aromatic N) is 5. The van der Waals surface area contributed by atoms with Crippen LogP contribution in [-0.4, -0.2) is 24.3 Å². The van der Waals surface area contributed by atoms with Crippen LogP contribution in [0.3, 0.4) is 0 Å². The third kappa shape index (κ3) is 6.93. The molecular formula is C50H43N5. The molecule has 0 fully saturated rings. The van der Waals surface area contributed by atoms with E-state index in [1.807, 2.05) is 26.8 Å². The molecule has 5 nitrogen and oxygen atoms in total. The average Bonchev–Trinajstić information content (AvgIpc) is 3.66. The second-order valence-electron chi connectivity index (χ2n) is 13.3. The van der Waals surface area contributed by atoms with Crippen molar-refractivity contribution < 1.29 is 0 Å². The minimum absolute atomic E-state index is 0.612. The summed E-state index contributed by atoms with van der Waals surface area (Å²) in [5, 5.41) is 3.38. The highest BCUT2D eigenvalue weighted by atomic mass is 15.0. The molecule has 5 heteroatoms. The van der Waals surface area contributed by atoms with Crippen molar-refractivity contribution in [1.82, 2.24) is 24.3 Å². The molecule has 0 amide bonds. The molecule has 1 aliphatic rings. The van der Waals surface area contributed by atoms with Crippen LogP contribution in [0.15, 0.2) is 152 Å². The zero-order valence-electron chi connectivity index (χ0n) is 31.7. The number of para-hydroxylation sites is 1. The summed E-state index contributed by atoms with van der Waals surface area (Å²) >= 11 is 0. The van der Waals surface area contributed by atoms with Crippen LogP contribution in [0, 0.1) is 0 Å². The van der Waals surface area contributed by atoms with E-state index in [0.29, 0.717) is 17.5 Å². The summed E-state index contributed by atoms with van der Waals surface area (Å²) in [5.41, 5.74) is 11.6. The smallest absolute Gasteiger partial charge is 0.164 e. The van der Waals surface area contributed by atoms with Crippen LogP contribution in [0.1, 0.15) is 46.1 Å². The Morgan fingerprint density at radius 3 is 1.82 bits per heavy atom. The molecule has 8 aromatic rings. The number of fused-ring (bicyclic) bond motifs is 5. The Balaban J connectivity index is 0.00000210. The molecule has 0 spiro atoms. The van der Waals surface area contributed by atoms with E-state index in [4.69, 9.17) is 19.9 Å². The first kappa shape index (κ1) is 35.3. The van der Waals surface area contributed by atoms with Gasteiger partial charge in [0, 0.05) is 27.6 Å². The van der Waals surface area contributed by atoms with Crippen LogP contribution in [0.4, 0.5) is 0 Å². The number of allylic oxidation sites excluding steroid dienone is 4. The van der Waals surface area contributed by atoms with Gasteiger partial charge in [-0.1, -0.05) is 159 Å². The average molecular weight is 714 g/mol. The fraction of sp³-hybridized carbons (Fsp3) is 0.120. The van der Waals surface area contributed by atoms with Gasteiger partial charge in [-0.3, -0.25) is 0 Å². The maximum absolute atomic E-state index is 5.28. The van der Waals surface area contributed by atoms with Gasteiger partial charge in [0.1, 0.15) is 0 Å². The first-order valence-corrected chi connectivity index (χ1v) is 19.2. The minimum Gasteiger partial charge on any atom is -0.306 e. The van der Waals surface area contributed by atoms with Gasteiger partial charge in [-0.05, 0) is 67.2 Å². The summed E-state index contributed by atoms with van der Waals surface area (Å²) in [6.45, 7) is 8.10. The van der Waals surface area contributed by atoms with Gasteiger partial charge in [0.15, 0.2) is 17.5 Å². The maximum atomic E-state index is 5.28. The van der Waals surface area contributed by atoms with E-state index in [1.54, 1.807) is 0 Å². The lowest BCUT2D eigenvalue weighted by Gasteiger charge is -2.12. The molecule has 55 heavy (non-hydrogen) atoms. The Bertz CT molecular complexity index is 2830. The molecule has 0 N–H and O–H groups in total. The highest BCUT2D eigenvalue weighted by molar-refractivity contribution is 5.93. The van der Waals surface area contributed by atoms with Crippen LogP contribution in [0.25, 0.3) is 90.7 Å². The molecule has 0 bridgehead atoms. The third-order valence-electron chi connectivity index (χ3n) is 9.94. The molecule has 268 valence electrons. The lowest BCUT2D eigenvalue weighted by molar-refractivity contribution is 1.01. The first-order chi connectivity index (χ1) is 27.2. The molecule has 5 aromatic carbocycles. The van der Waals surface area contributed by atoms with Gasteiger partial charge in [0.05, 0.1) is 27.4 Å². The van der Waals surface area contributed by atoms with Crippen LogP contribution in [0.5, 0.6) is 0 Å². The molecule has 0 saturated carbocycles. The van der Waals surface area contributed by atoms with E-state index < -0.39 is 0 Å². The summed E-state index contributed by atoms with van der Waals surface area (Å²) in [7, 11) is 0. The van der Waals surface area contributed by atoms with Gasteiger partial charge < -0.3 is 4.40 Å². The monoisotopic (exact) mass is 713 g/mol. The van der Waals surface area contributed by atoms with Gasteiger partial charge >= 0.3 is 0 Å². The molecular weight excluding hydrogens is 671 g/mol. The first-order valence-electron chi connectivity index (χ1n) is 19.2. The fourth-order valence-electron chi connectivity index (χ4n) is 7.30. The summed E-state index contributed by atoms with van der Waals surface area (Å²) in [4.78, 5) is 20.6. The van der Waals surface area contributed by atoms with Gasteiger partial charge in [-0.15, -0.1) is 0 Å². The van der Waals surface area contributed by atoms with E-state index in [-0.39, 0.29) is 0 Å².